The normalized spacial score (nSPS) is 15.9. The molecule has 0 aliphatic carbocycles. The average Bonchev–Trinajstić information content (AvgIpc) is 3.09. The second kappa shape index (κ2) is 7.62. The van der Waals surface area contributed by atoms with Gasteiger partial charge in [-0.2, -0.15) is 0 Å². The highest BCUT2D eigenvalue weighted by atomic mass is 35.5. The first-order chi connectivity index (χ1) is 13.1. The fraction of sp³-hybridized carbons (Fsp3) is 0.316. The van der Waals surface area contributed by atoms with Gasteiger partial charge in [-0.1, -0.05) is 17.7 Å². The van der Waals surface area contributed by atoms with E-state index in [1.807, 2.05) is 28.8 Å². The van der Waals surface area contributed by atoms with Crippen LogP contribution in [0.3, 0.4) is 0 Å². The molecule has 0 unspecified atom stereocenters. The van der Waals surface area contributed by atoms with Crippen molar-refractivity contribution in [3.05, 3.63) is 59.3 Å². The summed E-state index contributed by atoms with van der Waals surface area (Å²) in [5.74, 6) is 0.719. The first-order valence-corrected chi connectivity index (χ1v) is 9.25. The highest BCUT2D eigenvalue weighted by molar-refractivity contribution is 6.33. The highest BCUT2D eigenvalue weighted by Gasteiger charge is 2.25. The molecule has 8 heteroatoms. The first-order valence-electron chi connectivity index (χ1n) is 8.87. The van der Waals surface area contributed by atoms with Crippen LogP contribution >= 0.6 is 11.6 Å². The number of carbonyl (C=O) groups is 1. The Hall–Kier alpha value is -2.51. The number of carbonyl (C=O) groups excluding carboxylic acids is 1. The molecule has 1 amide bonds. The molecular weight excluding hydrogens is 369 g/mol. The SMILES string of the molecule is O=C(CN1CCC(c2nnc3ccccn23)CC1)Nc1ccc(F)cc1Cl. The van der Waals surface area contributed by atoms with Gasteiger partial charge in [-0.3, -0.25) is 14.1 Å². The van der Waals surface area contributed by atoms with Crippen LogP contribution in [0.5, 0.6) is 0 Å². The van der Waals surface area contributed by atoms with Gasteiger partial charge in [0.05, 0.1) is 17.3 Å². The Kier molecular flexibility index (Phi) is 5.05. The molecule has 3 heterocycles. The van der Waals surface area contributed by atoms with Gasteiger partial charge >= 0.3 is 0 Å². The Morgan fingerprint density at radius 1 is 1.22 bits per heavy atom. The number of hydrogen-bond acceptors (Lipinski definition) is 4. The average molecular weight is 388 g/mol. The van der Waals surface area contributed by atoms with Crippen molar-refractivity contribution in [2.24, 2.45) is 0 Å². The van der Waals surface area contributed by atoms with Gasteiger partial charge in [0.1, 0.15) is 11.6 Å². The van der Waals surface area contributed by atoms with Crippen LogP contribution in [0.1, 0.15) is 24.6 Å². The minimum Gasteiger partial charge on any atom is -0.324 e. The second-order valence-corrected chi connectivity index (χ2v) is 7.12. The van der Waals surface area contributed by atoms with Gasteiger partial charge in [-0.05, 0) is 56.3 Å². The van der Waals surface area contributed by atoms with Crippen LogP contribution in [-0.4, -0.2) is 45.0 Å². The predicted molar refractivity (Wildman–Crippen MR) is 101 cm³/mol. The molecule has 3 aromatic rings. The molecular formula is C19H19ClFN5O. The number of piperidine rings is 1. The van der Waals surface area contributed by atoms with Crippen molar-refractivity contribution in [2.75, 3.05) is 25.0 Å². The van der Waals surface area contributed by atoms with Gasteiger partial charge in [0.2, 0.25) is 5.91 Å². The number of pyridine rings is 1. The molecule has 27 heavy (non-hydrogen) atoms. The van der Waals surface area contributed by atoms with Crippen LogP contribution in [0.15, 0.2) is 42.6 Å². The molecule has 2 aromatic heterocycles. The van der Waals surface area contributed by atoms with E-state index in [-0.39, 0.29) is 17.5 Å². The van der Waals surface area contributed by atoms with Gasteiger partial charge in [0, 0.05) is 12.1 Å². The van der Waals surface area contributed by atoms with E-state index in [2.05, 4.69) is 20.4 Å². The summed E-state index contributed by atoms with van der Waals surface area (Å²) in [4.78, 5) is 14.4. The number of hydrogen-bond donors (Lipinski definition) is 1. The van der Waals surface area contributed by atoms with E-state index in [0.717, 1.165) is 37.4 Å². The van der Waals surface area contributed by atoms with E-state index in [1.165, 1.54) is 18.2 Å². The third-order valence-electron chi connectivity index (χ3n) is 4.87. The number of halogens is 2. The molecule has 6 nitrogen and oxygen atoms in total. The van der Waals surface area contributed by atoms with Crippen LogP contribution in [0.25, 0.3) is 5.65 Å². The van der Waals surface area contributed by atoms with Gasteiger partial charge in [0.15, 0.2) is 5.65 Å². The van der Waals surface area contributed by atoms with Gasteiger partial charge in [-0.25, -0.2) is 4.39 Å². The summed E-state index contributed by atoms with van der Waals surface area (Å²) in [5.41, 5.74) is 1.28. The lowest BCUT2D eigenvalue weighted by atomic mass is 9.96. The van der Waals surface area contributed by atoms with Gasteiger partial charge < -0.3 is 5.32 Å². The van der Waals surface area contributed by atoms with Crippen molar-refractivity contribution in [1.29, 1.82) is 0 Å². The van der Waals surface area contributed by atoms with Crippen molar-refractivity contribution < 1.29 is 9.18 Å². The first kappa shape index (κ1) is 17.9. The topological polar surface area (TPSA) is 62.5 Å². The third-order valence-corrected chi connectivity index (χ3v) is 5.18. The number of aromatic nitrogens is 3. The zero-order valence-corrected chi connectivity index (χ0v) is 15.4. The van der Waals surface area contributed by atoms with E-state index in [0.29, 0.717) is 11.6 Å². The summed E-state index contributed by atoms with van der Waals surface area (Å²) in [6.45, 7) is 1.88. The number of amides is 1. The van der Waals surface area contributed by atoms with Crippen LogP contribution < -0.4 is 5.32 Å². The molecule has 1 saturated heterocycles. The summed E-state index contributed by atoms with van der Waals surface area (Å²) >= 11 is 5.96. The molecule has 0 bridgehead atoms. The Labute approximate surface area is 161 Å². The molecule has 0 spiro atoms. The van der Waals surface area contributed by atoms with Crippen LogP contribution in [0.2, 0.25) is 5.02 Å². The van der Waals surface area contributed by atoms with Crippen molar-refractivity contribution in [3.63, 3.8) is 0 Å². The highest BCUT2D eigenvalue weighted by Crippen LogP contribution is 2.27. The monoisotopic (exact) mass is 387 g/mol. The number of nitrogens with one attached hydrogen (secondary N) is 1. The number of nitrogens with zero attached hydrogens (tertiary/aromatic N) is 4. The number of likely N-dealkylation sites (tertiary alicyclic amines) is 1. The molecule has 4 rings (SSSR count). The van der Waals surface area contributed by atoms with E-state index in [1.54, 1.807) is 0 Å². The van der Waals surface area contributed by atoms with Crippen molar-refractivity contribution in [3.8, 4) is 0 Å². The fourth-order valence-electron chi connectivity index (χ4n) is 3.47. The Morgan fingerprint density at radius 3 is 2.81 bits per heavy atom. The minimum atomic E-state index is -0.430. The van der Waals surface area contributed by atoms with E-state index < -0.39 is 5.82 Å². The maximum absolute atomic E-state index is 13.1. The number of anilines is 1. The lowest BCUT2D eigenvalue weighted by molar-refractivity contribution is -0.117. The quantitative estimate of drug-likeness (QED) is 0.745. The standard InChI is InChI=1S/C19H19ClFN5O/c20-15-11-14(21)4-5-16(15)22-18(27)12-25-9-6-13(7-10-25)19-24-23-17-3-1-2-8-26(17)19/h1-5,8,11,13H,6-7,9-10,12H2,(H,22,27). The third kappa shape index (κ3) is 3.94. The zero-order chi connectivity index (χ0) is 18.8. The largest absolute Gasteiger partial charge is 0.324 e. The number of benzene rings is 1. The van der Waals surface area contributed by atoms with Crippen molar-refractivity contribution in [1.82, 2.24) is 19.5 Å². The van der Waals surface area contributed by atoms with Crippen molar-refractivity contribution >= 4 is 28.8 Å². The molecule has 1 aromatic carbocycles. The predicted octanol–water partition coefficient (Wildman–Crippen LogP) is 3.34. The lowest BCUT2D eigenvalue weighted by Crippen LogP contribution is -2.39. The van der Waals surface area contributed by atoms with Crippen LogP contribution in [0, 0.1) is 5.82 Å². The molecule has 140 valence electrons. The van der Waals surface area contributed by atoms with Crippen molar-refractivity contribution in [2.45, 2.75) is 18.8 Å². The van der Waals surface area contributed by atoms with Gasteiger partial charge in [-0.15, -0.1) is 10.2 Å². The Bertz CT molecular complexity index is 968. The zero-order valence-electron chi connectivity index (χ0n) is 14.6. The van der Waals surface area contributed by atoms with Gasteiger partial charge in [0.25, 0.3) is 0 Å². The van der Waals surface area contributed by atoms with Crippen LogP contribution in [-0.2, 0) is 4.79 Å². The summed E-state index contributed by atoms with van der Waals surface area (Å²) in [5, 5.41) is 11.5. The summed E-state index contributed by atoms with van der Waals surface area (Å²) < 4.78 is 15.1. The maximum atomic E-state index is 13.1. The maximum Gasteiger partial charge on any atom is 0.238 e. The van der Waals surface area contributed by atoms with E-state index in [9.17, 15) is 9.18 Å². The second-order valence-electron chi connectivity index (χ2n) is 6.71. The molecule has 1 N–H and O–H groups in total. The summed E-state index contributed by atoms with van der Waals surface area (Å²) in [6, 6.07) is 9.79. The molecule has 1 fully saturated rings. The molecule has 1 aliphatic rings. The fourth-order valence-corrected chi connectivity index (χ4v) is 3.69. The lowest BCUT2D eigenvalue weighted by Gasteiger charge is -2.30. The molecule has 0 saturated carbocycles. The summed E-state index contributed by atoms with van der Waals surface area (Å²) in [6.07, 6.45) is 3.82. The minimum absolute atomic E-state index is 0.158. The Morgan fingerprint density at radius 2 is 2.04 bits per heavy atom. The number of fused-ring (bicyclic) bond motifs is 1. The molecule has 0 atom stereocenters. The van der Waals surface area contributed by atoms with E-state index in [4.69, 9.17) is 11.6 Å². The summed E-state index contributed by atoms with van der Waals surface area (Å²) in [7, 11) is 0. The molecule has 0 radical (unpaired) electrons. The Balaban J connectivity index is 1.33. The van der Waals surface area contributed by atoms with Crippen LogP contribution in [0.4, 0.5) is 10.1 Å². The van der Waals surface area contributed by atoms with E-state index >= 15 is 0 Å². The number of rotatable bonds is 4. The smallest absolute Gasteiger partial charge is 0.238 e. The molecule has 1 aliphatic heterocycles.